The van der Waals surface area contributed by atoms with E-state index in [2.05, 4.69) is 12.2 Å². The molecule has 0 spiro atoms. The number of hydrogen-bond donors (Lipinski definition) is 2. The van der Waals surface area contributed by atoms with E-state index in [1.807, 2.05) is 26.0 Å². The number of amides is 1. The second kappa shape index (κ2) is 11.5. The highest BCUT2D eigenvalue weighted by Crippen LogP contribution is 2.29. The fourth-order valence-corrected chi connectivity index (χ4v) is 3.81. The predicted octanol–water partition coefficient (Wildman–Crippen LogP) is 6.43. The molecule has 1 atom stereocenters. The van der Waals surface area contributed by atoms with Gasteiger partial charge in [-0.3, -0.25) is 9.88 Å². The molecule has 1 aromatic heterocycles. The van der Waals surface area contributed by atoms with Crippen LogP contribution in [0.3, 0.4) is 0 Å². The summed E-state index contributed by atoms with van der Waals surface area (Å²) in [7, 11) is 1.58. The van der Waals surface area contributed by atoms with Crippen LogP contribution >= 0.6 is 0 Å². The van der Waals surface area contributed by atoms with Gasteiger partial charge in [-0.1, -0.05) is 26.0 Å². The zero-order valence-electron chi connectivity index (χ0n) is 23.4. The van der Waals surface area contributed by atoms with Crippen molar-refractivity contribution in [2.75, 3.05) is 12.4 Å². The first-order valence-electron chi connectivity index (χ1n) is 12.6. The van der Waals surface area contributed by atoms with Gasteiger partial charge in [-0.05, 0) is 76.8 Å². The van der Waals surface area contributed by atoms with Crippen molar-refractivity contribution in [3.05, 3.63) is 64.2 Å². The molecular weight excluding hydrogens is 482 g/mol. The molecule has 38 heavy (non-hydrogen) atoms. The Hall–Kier alpha value is -4.14. The topological polar surface area (TPSA) is 111 Å². The molecule has 0 bridgehead atoms. The Balaban J connectivity index is 2.27. The molecule has 9 nitrogen and oxygen atoms in total. The summed E-state index contributed by atoms with van der Waals surface area (Å²) in [5.41, 5.74) is 1.92. The summed E-state index contributed by atoms with van der Waals surface area (Å²) in [6, 6.07) is 12.3. The maximum Gasteiger partial charge on any atom is 0.412 e. The van der Waals surface area contributed by atoms with Crippen LogP contribution in [0, 0.1) is 18.3 Å². The lowest BCUT2D eigenvalue weighted by Crippen LogP contribution is -2.27. The van der Waals surface area contributed by atoms with Crippen molar-refractivity contribution < 1.29 is 14.3 Å². The average Bonchev–Trinajstić information content (AvgIpc) is 3.13. The summed E-state index contributed by atoms with van der Waals surface area (Å²) in [6.45, 7) is 13.0. The quantitative estimate of drug-likeness (QED) is 0.334. The van der Waals surface area contributed by atoms with E-state index >= 15 is 0 Å². The molecule has 1 unspecified atom stereocenters. The lowest BCUT2D eigenvalue weighted by atomic mass is 10.1. The van der Waals surface area contributed by atoms with E-state index in [1.54, 1.807) is 71.4 Å². The van der Waals surface area contributed by atoms with Crippen LogP contribution < -0.4 is 15.7 Å². The highest BCUT2D eigenvalue weighted by atomic mass is 16.6. The number of carbonyl (C=O) groups is 1. The molecule has 3 aromatic rings. The monoisotopic (exact) mass is 519 g/mol. The minimum absolute atomic E-state index is 0.167. The van der Waals surface area contributed by atoms with E-state index in [9.17, 15) is 9.59 Å². The molecule has 1 heterocycles. The number of aromatic nitrogens is 2. The molecule has 202 valence electrons. The van der Waals surface area contributed by atoms with Gasteiger partial charge in [0.1, 0.15) is 17.0 Å². The molecule has 2 N–H and O–H groups in total. The molecule has 0 saturated heterocycles. The number of aliphatic imine (C=N–C) groups is 1. The first-order valence-corrected chi connectivity index (χ1v) is 12.6. The summed E-state index contributed by atoms with van der Waals surface area (Å²) in [6.07, 6.45) is 2.07. The maximum atomic E-state index is 14.0. The molecule has 0 fully saturated rings. The van der Waals surface area contributed by atoms with Crippen molar-refractivity contribution in [2.45, 2.75) is 60.5 Å². The third kappa shape index (κ3) is 6.40. The largest absolute Gasteiger partial charge is 0.496 e. The van der Waals surface area contributed by atoms with E-state index < -0.39 is 17.4 Å². The zero-order valence-corrected chi connectivity index (χ0v) is 23.4. The van der Waals surface area contributed by atoms with Crippen molar-refractivity contribution in [3.63, 3.8) is 0 Å². The smallest absolute Gasteiger partial charge is 0.412 e. The molecule has 3 rings (SSSR count). The van der Waals surface area contributed by atoms with Crippen molar-refractivity contribution in [1.29, 1.82) is 5.41 Å². The van der Waals surface area contributed by atoms with Crippen LogP contribution in [0.4, 0.5) is 16.3 Å². The van der Waals surface area contributed by atoms with Gasteiger partial charge in [0.25, 0.3) is 0 Å². The van der Waals surface area contributed by atoms with Gasteiger partial charge in [-0.2, -0.15) is 0 Å². The summed E-state index contributed by atoms with van der Waals surface area (Å²) < 4.78 is 13.8. The fraction of sp³-hybridized carbons (Fsp3) is 0.379. The summed E-state index contributed by atoms with van der Waals surface area (Å²) in [5.74, 6) is 1.13. The second-order valence-corrected chi connectivity index (χ2v) is 10.2. The maximum absolute atomic E-state index is 14.0. The highest BCUT2D eigenvalue weighted by molar-refractivity contribution is 6.00. The fourth-order valence-electron chi connectivity index (χ4n) is 3.81. The Kier molecular flexibility index (Phi) is 8.60. The van der Waals surface area contributed by atoms with E-state index in [0.717, 1.165) is 12.0 Å². The summed E-state index contributed by atoms with van der Waals surface area (Å²) >= 11 is 0. The minimum Gasteiger partial charge on any atom is -0.496 e. The Bertz CT molecular complexity index is 1430. The first-order chi connectivity index (χ1) is 17.9. The van der Waals surface area contributed by atoms with Gasteiger partial charge in [0.15, 0.2) is 5.82 Å². The van der Waals surface area contributed by atoms with Crippen molar-refractivity contribution in [2.24, 2.45) is 10.9 Å². The Morgan fingerprint density at radius 2 is 1.84 bits per heavy atom. The van der Waals surface area contributed by atoms with E-state index in [0.29, 0.717) is 34.3 Å². The van der Waals surface area contributed by atoms with E-state index in [4.69, 9.17) is 19.9 Å². The number of anilines is 1. The zero-order chi connectivity index (χ0) is 28.2. The number of ether oxygens (including phenoxy) is 2. The van der Waals surface area contributed by atoms with Gasteiger partial charge in [0, 0.05) is 18.0 Å². The Labute approximate surface area is 223 Å². The average molecular weight is 520 g/mol. The number of nitrogens with zero attached hydrogens (tertiary/aromatic N) is 3. The summed E-state index contributed by atoms with van der Waals surface area (Å²) in [4.78, 5) is 31.1. The van der Waals surface area contributed by atoms with Crippen LogP contribution in [0.1, 0.15) is 59.2 Å². The van der Waals surface area contributed by atoms with Crippen molar-refractivity contribution >= 4 is 29.5 Å². The highest BCUT2D eigenvalue weighted by Gasteiger charge is 2.24. The Morgan fingerprint density at radius 3 is 2.45 bits per heavy atom. The first kappa shape index (κ1) is 28.4. The van der Waals surface area contributed by atoms with Crippen molar-refractivity contribution in [3.8, 4) is 17.1 Å². The summed E-state index contributed by atoms with van der Waals surface area (Å²) in [5, 5.41) is 11.3. The SMILES string of the molecule is CCC(C)C=Nc1c(C(C)=N)n(-c2ccc(C)c(OC)c2)c(=O)n1-c1cccc(NC(=O)OC(C)(C)C)c1. The third-order valence-corrected chi connectivity index (χ3v) is 5.88. The third-order valence-electron chi connectivity index (χ3n) is 5.88. The van der Waals surface area contributed by atoms with Gasteiger partial charge in [0.05, 0.1) is 24.2 Å². The second-order valence-electron chi connectivity index (χ2n) is 10.2. The number of carbonyl (C=O) groups excluding carboxylic acids is 1. The van der Waals surface area contributed by atoms with Gasteiger partial charge in [-0.25, -0.2) is 19.1 Å². The predicted molar refractivity (Wildman–Crippen MR) is 153 cm³/mol. The van der Waals surface area contributed by atoms with Gasteiger partial charge < -0.3 is 14.9 Å². The number of nitrogens with one attached hydrogen (secondary N) is 2. The minimum atomic E-state index is -0.654. The molecule has 0 aliphatic carbocycles. The number of imidazole rings is 1. The number of methoxy groups -OCH3 is 1. The molecule has 2 aromatic carbocycles. The molecule has 9 heteroatoms. The van der Waals surface area contributed by atoms with E-state index in [1.165, 1.54) is 9.13 Å². The van der Waals surface area contributed by atoms with Crippen LogP contribution in [0.25, 0.3) is 11.4 Å². The van der Waals surface area contributed by atoms with Crippen LogP contribution in [0.5, 0.6) is 5.75 Å². The van der Waals surface area contributed by atoms with Crippen LogP contribution in [0.15, 0.2) is 52.3 Å². The molecule has 0 aliphatic heterocycles. The van der Waals surface area contributed by atoms with Gasteiger partial charge in [-0.15, -0.1) is 0 Å². The number of aryl methyl sites for hydroxylation is 1. The number of hydrogen-bond acceptors (Lipinski definition) is 6. The molecule has 0 aliphatic rings. The number of benzene rings is 2. The van der Waals surface area contributed by atoms with Crippen LogP contribution in [-0.4, -0.2) is 39.9 Å². The van der Waals surface area contributed by atoms with Gasteiger partial charge >= 0.3 is 11.8 Å². The van der Waals surface area contributed by atoms with Crippen LogP contribution in [0.2, 0.25) is 0 Å². The molecule has 0 radical (unpaired) electrons. The lowest BCUT2D eigenvalue weighted by Gasteiger charge is -2.19. The normalized spacial score (nSPS) is 12.4. The molecule has 0 saturated carbocycles. The molecular formula is C29H37N5O4. The lowest BCUT2D eigenvalue weighted by molar-refractivity contribution is 0.0636. The molecule has 1 amide bonds. The Morgan fingerprint density at radius 1 is 1.16 bits per heavy atom. The van der Waals surface area contributed by atoms with E-state index in [-0.39, 0.29) is 11.6 Å². The van der Waals surface area contributed by atoms with Gasteiger partial charge in [0.2, 0.25) is 0 Å². The van der Waals surface area contributed by atoms with Crippen molar-refractivity contribution in [1.82, 2.24) is 9.13 Å². The van der Waals surface area contributed by atoms with Crippen LogP contribution in [-0.2, 0) is 4.74 Å². The number of rotatable bonds is 8. The standard InChI is InChI=1S/C29H37N5O4/c1-9-18(2)17-31-26-25(20(4)30)33(23-14-13-19(3)24(16-23)37-8)28(36)34(26)22-12-10-11-21(15-22)32-27(35)38-29(5,6)7/h10-18,30H,9H2,1-8H3,(H,32,35).